The smallest absolute Gasteiger partial charge is 0.254 e. The van der Waals surface area contributed by atoms with Crippen LogP contribution in [0.1, 0.15) is 15.9 Å². The van der Waals surface area contributed by atoms with Gasteiger partial charge in [-0.1, -0.05) is 42.1 Å². The minimum atomic E-state index is 0.0353. The molecule has 3 heterocycles. The van der Waals surface area contributed by atoms with Crippen LogP contribution >= 0.6 is 11.8 Å². The van der Waals surface area contributed by atoms with Crippen molar-refractivity contribution in [2.24, 2.45) is 0 Å². The van der Waals surface area contributed by atoms with Crippen molar-refractivity contribution in [3.05, 3.63) is 84.2 Å². The van der Waals surface area contributed by atoms with Crippen molar-refractivity contribution in [2.45, 2.75) is 10.9 Å². The molecule has 0 atom stereocenters. The summed E-state index contributed by atoms with van der Waals surface area (Å²) in [6.45, 7) is 2.36. The van der Waals surface area contributed by atoms with Gasteiger partial charge in [0.15, 0.2) is 11.0 Å². The fraction of sp³-hybridized carbons (Fsp3) is 0.231. The van der Waals surface area contributed by atoms with Gasteiger partial charge in [0.25, 0.3) is 5.91 Å². The Morgan fingerprint density at radius 1 is 1.00 bits per heavy atom. The molecule has 1 aliphatic heterocycles. The van der Waals surface area contributed by atoms with Gasteiger partial charge in [-0.2, -0.15) is 0 Å². The van der Waals surface area contributed by atoms with Crippen LogP contribution in [0.3, 0.4) is 0 Å². The highest BCUT2D eigenvalue weighted by molar-refractivity contribution is 7.98. The maximum Gasteiger partial charge on any atom is 0.254 e. The molecule has 1 amide bonds. The van der Waals surface area contributed by atoms with E-state index in [-0.39, 0.29) is 5.91 Å². The molecule has 0 spiro atoms. The number of benzene rings is 2. The van der Waals surface area contributed by atoms with E-state index >= 15 is 0 Å². The molecule has 178 valence electrons. The van der Waals surface area contributed by atoms with E-state index in [1.807, 2.05) is 70.1 Å². The Balaban J connectivity index is 1.48. The van der Waals surface area contributed by atoms with Crippen molar-refractivity contribution in [1.82, 2.24) is 24.6 Å². The molecular formula is C26H25N5O3S. The number of amides is 1. The minimum Gasteiger partial charge on any atom is -0.495 e. The van der Waals surface area contributed by atoms with Gasteiger partial charge >= 0.3 is 0 Å². The van der Waals surface area contributed by atoms with Crippen molar-refractivity contribution in [1.29, 1.82) is 0 Å². The van der Waals surface area contributed by atoms with Crippen molar-refractivity contribution < 1.29 is 14.3 Å². The number of aromatic nitrogens is 4. The summed E-state index contributed by atoms with van der Waals surface area (Å²) in [5, 5.41) is 9.72. The fourth-order valence-corrected chi connectivity index (χ4v) is 4.97. The summed E-state index contributed by atoms with van der Waals surface area (Å²) in [5.41, 5.74) is 3.40. The number of pyridine rings is 1. The summed E-state index contributed by atoms with van der Waals surface area (Å²) < 4.78 is 13.0. The highest BCUT2D eigenvalue weighted by Gasteiger charge is 2.23. The van der Waals surface area contributed by atoms with Crippen LogP contribution in [0.15, 0.2) is 78.2 Å². The number of hydrogen-bond donors (Lipinski definition) is 0. The Morgan fingerprint density at radius 2 is 1.74 bits per heavy atom. The molecule has 0 N–H and O–H groups in total. The normalized spacial score (nSPS) is 13.6. The van der Waals surface area contributed by atoms with E-state index in [2.05, 4.69) is 15.2 Å². The highest BCUT2D eigenvalue weighted by Crippen LogP contribution is 2.34. The van der Waals surface area contributed by atoms with Gasteiger partial charge in [0.1, 0.15) is 5.75 Å². The number of carbonyl (C=O) groups excluding carboxylic acids is 1. The first-order chi connectivity index (χ1) is 17.3. The largest absolute Gasteiger partial charge is 0.495 e. The number of methoxy groups -OCH3 is 1. The van der Waals surface area contributed by atoms with Crippen molar-refractivity contribution >= 4 is 17.7 Å². The molecule has 0 bridgehead atoms. The predicted molar refractivity (Wildman–Crippen MR) is 134 cm³/mol. The lowest BCUT2D eigenvalue weighted by Crippen LogP contribution is -2.41. The number of nitrogens with zero attached hydrogens (tertiary/aromatic N) is 5. The first kappa shape index (κ1) is 23.1. The van der Waals surface area contributed by atoms with E-state index in [9.17, 15) is 4.79 Å². The average molecular weight is 488 g/mol. The number of morpholine rings is 1. The Kier molecular flexibility index (Phi) is 7.06. The maximum absolute atomic E-state index is 13.2. The number of ether oxygens (including phenoxy) is 2. The molecule has 0 aliphatic carbocycles. The third-order valence-electron chi connectivity index (χ3n) is 5.80. The molecule has 5 rings (SSSR count). The number of thioether (sulfide) groups is 1. The van der Waals surface area contributed by atoms with Gasteiger partial charge in [-0.05, 0) is 35.9 Å². The second-order valence-corrected chi connectivity index (χ2v) is 8.84. The van der Waals surface area contributed by atoms with E-state index in [1.165, 1.54) is 11.8 Å². The van der Waals surface area contributed by atoms with Crippen LogP contribution in [0.2, 0.25) is 0 Å². The van der Waals surface area contributed by atoms with E-state index in [0.29, 0.717) is 54.3 Å². The number of hydrogen-bond acceptors (Lipinski definition) is 7. The number of rotatable bonds is 7. The fourth-order valence-electron chi connectivity index (χ4n) is 4.02. The van der Waals surface area contributed by atoms with Crippen molar-refractivity contribution in [3.63, 3.8) is 0 Å². The molecule has 1 aliphatic rings. The van der Waals surface area contributed by atoms with Gasteiger partial charge in [-0.25, -0.2) is 0 Å². The molecule has 9 heteroatoms. The van der Waals surface area contributed by atoms with Crippen LogP contribution < -0.4 is 4.74 Å². The second kappa shape index (κ2) is 10.7. The van der Waals surface area contributed by atoms with Gasteiger partial charge in [-0.3, -0.25) is 14.3 Å². The Labute approximate surface area is 207 Å². The standard InChI is InChI=1S/C26H25N5O3S/c1-33-23-9-5-4-8-22(23)31-24(19-10-12-27-13-11-19)28-29-26(31)35-18-20-6-2-3-7-21(20)25(32)30-14-16-34-17-15-30/h2-13H,14-18H2,1H3. The summed E-state index contributed by atoms with van der Waals surface area (Å²) in [6.07, 6.45) is 3.47. The minimum absolute atomic E-state index is 0.0353. The van der Waals surface area contributed by atoms with Gasteiger partial charge in [0, 0.05) is 42.4 Å². The Bertz CT molecular complexity index is 1310. The van der Waals surface area contributed by atoms with E-state index < -0.39 is 0 Å². The molecule has 0 unspecified atom stereocenters. The van der Waals surface area contributed by atoms with Crippen LogP contribution in [-0.2, 0) is 10.5 Å². The molecule has 0 saturated carbocycles. The lowest BCUT2D eigenvalue weighted by Gasteiger charge is -2.27. The summed E-state index contributed by atoms with van der Waals surface area (Å²) in [4.78, 5) is 19.2. The van der Waals surface area contributed by atoms with Gasteiger partial charge in [0.2, 0.25) is 0 Å². The zero-order valence-corrected chi connectivity index (χ0v) is 20.1. The third-order valence-corrected chi connectivity index (χ3v) is 6.78. The molecule has 1 saturated heterocycles. The molecule has 35 heavy (non-hydrogen) atoms. The molecule has 1 fully saturated rings. The lowest BCUT2D eigenvalue weighted by molar-refractivity contribution is 0.0302. The van der Waals surface area contributed by atoms with Crippen LogP contribution in [0.25, 0.3) is 17.1 Å². The van der Waals surface area contributed by atoms with Gasteiger partial charge < -0.3 is 14.4 Å². The van der Waals surface area contributed by atoms with Crippen LogP contribution in [0.4, 0.5) is 0 Å². The zero-order valence-electron chi connectivity index (χ0n) is 19.3. The summed E-state index contributed by atoms with van der Waals surface area (Å²) in [5.74, 6) is 2.01. The van der Waals surface area contributed by atoms with E-state index in [0.717, 1.165) is 16.8 Å². The summed E-state index contributed by atoms with van der Waals surface area (Å²) in [6, 6.07) is 19.3. The monoisotopic (exact) mass is 487 g/mol. The molecular weight excluding hydrogens is 462 g/mol. The van der Waals surface area contributed by atoms with E-state index in [4.69, 9.17) is 9.47 Å². The van der Waals surface area contributed by atoms with Crippen LogP contribution in [0, 0.1) is 0 Å². The molecule has 2 aromatic heterocycles. The average Bonchev–Trinajstić information content (AvgIpc) is 3.36. The Morgan fingerprint density at radius 3 is 2.54 bits per heavy atom. The maximum atomic E-state index is 13.2. The van der Waals surface area contributed by atoms with Crippen molar-refractivity contribution in [2.75, 3.05) is 33.4 Å². The topological polar surface area (TPSA) is 82.4 Å². The molecule has 4 aromatic rings. The van der Waals surface area contributed by atoms with Crippen molar-refractivity contribution in [3.8, 4) is 22.8 Å². The quantitative estimate of drug-likeness (QED) is 0.363. The first-order valence-corrected chi connectivity index (χ1v) is 12.3. The van der Waals surface area contributed by atoms with E-state index in [1.54, 1.807) is 19.5 Å². The van der Waals surface area contributed by atoms with Crippen LogP contribution in [0.5, 0.6) is 5.75 Å². The van der Waals surface area contributed by atoms with Gasteiger partial charge in [0.05, 0.1) is 26.0 Å². The first-order valence-electron chi connectivity index (χ1n) is 11.3. The molecule has 8 nitrogen and oxygen atoms in total. The zero-order chi connectivity index (χ0) is 24.0. The lowest BCUT2D eigenvalue weighted by atomic mass is 10.1. The third kappa shape index (κ3) is 4.91. The number of para-hydroxylation sites is 2. The SMILES string of the molecule is COc1ccccc1-n1c(SCc2ccccc2C(=O)N2CCOCC2)nnc1-c1ccncc1. The predicted octanol–water partition coefficient (Wildman–Crippen LogP) is 4.10. The Hall–Kier alpha value is -3.69. The highest BCUT2D eigenvalue weighted by atomic mass is 32.2. The molecule has 0 radical (unpaired) electrons. The summed E-state index contributed by atoms with van der Waals surface area (Å²) >= 11 is 1.53. The number of carbonyl (C=O) groups is 1. The second-order valence-electron chi connectivity index (χ2n) is 7.90. The van der Waals surface area contributed by atoms with Gasteiger partial charge in [-0.15, -0.1) is 10.2 Å². The molecule has 2 aromatic carbocycles. The summed E-state index contributed by atoms with van der Waals surface area (Å²) in [7, 11) is 1.65. The van der Waals surface area contributed by atoms with Crippen LogP contribution in [-0.4, -0.2) is 64.0 Å².